The van der Waals surface area contributed by atoms with E-state index in [1.54, 1.807) is 0 Å². The van der Waals surface area contributed by atoms with Crippen LogP contribution in [0, 0.1) is 0 Å². The molecule has 5 heteroatoms. The van der Waals surface area contributed by atoms with Gasteiger partial charge in [-0.3, -0.25) is 4.79 Å². The van der Waals surface area contributed by atoms with Crippen LogP contribution in [0.25, 0.3) is 0 Å². The highest BCUT2D eigenvalue weighted by Crippen LogP contribution is 2.34. The summed E-state index contributed by atoms with van der Waals surface area (Å²) >= 11 is 0. The molecule has 0 fully saturated rings. The van der Waals surface area contributed by atoms with Gasteiger partial charge in [-0.2, -0.15) is 8.78 Å². The molecule has 1 aromatic heterocycles. The minimum atomic E-state index is -3.17. The lowest BCUT2D eigenvalue weighted by Crippen LogP contribution is -2.20. The average molecular weight is 236 g/mol. The summed E-state index contributed by atoms with van der Waals surface area (Å²) in [6.07, 6.45) is 3.40. The van der Waals surface area contributed by atoms with Crippen LogP contribution in [0.3, 0.4) is 0 Å². The Labute approximate surface area is 96.7 Å². The standard InChI is InChI=1S/C12H10F2N2O/c1-16-7-6-15-11(16)12(13,14)10-4-2-9(8-17)3-5-10/h2-8H,1H3. The van der Waals surface area contributed by atoms with Crippen molar-refractivity contribution in [3.63, 3.8) is 0 Å². The Morgan fingerprint density at radius 1 is 1.29 bits per heavy atom. The fourth-order valence-corrected chi connectivity index (χ4v) is 1.57. The van der Waals surface area contributed by atoms with E-state index in [-0.39, 0.29) is 11.4 Å². The summed E-state index contributed by atoms with van der Waals surface area (Å²) in [5.41, 5.74) is 0.182. The quantitative estimate of drug-likeness (QED) is 0.767. The number of nitrogens with zero attached hydrogens (tertiary/aromatic N) is 2. The van der Waals surface area contributed by atoms with Gasteiger partial charge in [0.1, 0.15) is 6.29 Å². The summed E-state index contributed by atoms with van der Waals surface area (Å²) in [6.45, 7) is 0. The van der Waals surface area contributed by atoms with E-state index in [0.29, 0.717) is 11.8 Å². The normalized spacial score (nSPS) is 11.5. The number of carbonyl (C=O) groups excluding carboxylic acids is 1. The largest absolute Gasteiger partial charge is 0.333 e. The van der Waals surface area contributed by atoms with Gasteiger partial charge in [0.2, 0.25) is 0 Å². The number of benzene rings is 1. The first-order valence-electron chi connectivity index (χ1n) is 4.97. The number of hydrogen-bond donors (Lipinski definition) is 0. The summed E-state index contributed by atoms with van der Waals surface area (Å²) < 4.78 is 29.4. The Kier molecular flexibility index (Phi) is 2.75. The number of halogens is 2. The smallest absolute Gasteiger partial charge is 0.330 e. The molecule has 2 rings (SSSR count). The van der Waals surface area contributed by atoms with Gasteiger partial charge >= 0.3 is 5.92 Å². The third kappa shape index (κ3) is 1.95. The number of carbonyl (C=O) groups is 1. The molecule has 0 spiro atoms. The molecule has 3 nitrogen and oxygen atoms in total. The zero-order chi connectivity index (χ0) is 12.5. The summed E-state index contributed by atoms with van der Waals surface area (Å²) in [5.74, 6) is -3.49. The first kappa shape index (κ1) is 11.4. The van der Waals surface area contributed by atoms with Crippen LogP contribution in [0.1, 0.15) is 21.7 Å². The fourth-order valence-electron chi connectivity index (χ4n) is 1.57. The number of aryl methyl sites for hydroxylation is 1. The lowest BCUT2D eigenvalue weighted by atomic mass is 10.1. The van der Waals surface area contributed by atoms with Crippen molar-refractivity contribution in [2.24, 2.45) is 7.05 Å². The summed E-state index contributed by atoms with van der Waals surface area (Å²) in [6, 6.07) is 5.19. The Bertz CT molecular complexity index is 532. The van der Waals surface area contributed by atoms with Gasteiger partial charge < -0.3 is 4.57 Å². The summed E-state index contributed by atoms with van der Waals surface area (Å²) in [7, 11) is 1.51. The van der Waals surface area contributed by atoms with E-state index >= 15 is 0 Å². The van der Waals surface area contributed by atoms with Gasteiger partial charge in [0.25, 0.3) is 0 Å². The third-order valence-electron chi connectivity index (χ3n) is 2.51. The molecule has 1 aromatic carbocycles. The van der Waals surface area contributed by atoms with Crippen LogP contribution in [-0.4, -0.2) is 15.8 Å². The van der Waals surface area contributed by atoms with E-state index in [1.165, 1.54) is 48.3 Å². The molecule has 0 radical (unpaired) electrons. The molecular formula is C12H10F2N2O. The van der Waals surface area contributed by atoms with Gasteiger partial charge in [-0.1, -0.05) is 24.3 Å². The highest BCUT2D eigenvalue weighted by Gasteiger charge is 2.37. The lowest BCUT2D eigenvalue weighted by Gasteiger charge is -2.16. The molecule has 0 amide bonds. The van der Waals surface area contributed by atoms with Gasteiger partial charge in [-0.15, -0.1) is 0 Å². The van der Waals surface area contributed by atoms with Crippen LogP contribution in [-0.2, 0) is 13.0 Å². The molecule has 2 aromatic rings. The van der Waals surface area contributed by atoms with Crippen LogP contribution in [0.2, 0.25) is 0 Å². The number of rotatable bonds is 3. The number of aldehydes is 1. The van der Waals surface area contributed by atoms with Gasteiger partial charge in [0.05, 0.1) is 0 Å². The van der Waals surface area contributed by atoms with Crippen molar-refractivity contribution in [2.75, 3.05) is 0 Å². The molecule has 17 heavy (non-hydrogen) atoms. The molecular weight excluding hydrogens is 226 g/mol. The lowest BCUT2D eigenvalue weighted by molar-refractivity contribution is 0.0300. The minimum absolute atomic E-state index is 0.183. The zero-order valence-corrected chi connectivity index (χ0v) is 9.10. The number of aromatic nitrogens is 2. The van der Waals surface area contributed by atoms with Crippen molar-refractivity contribution in [1.82, 2.24) is 9.55 Å². The predicted molar refractivity (Wildman–Crippen MR) is 58.0 cm³/mol. The molecule has 0 aliphatic carbocycles. The van der Waals surface area contributed by atoms with E-state index in [9.17, 15) is 13.6 Å². The second-order valence-corrected chi connectivity index (χ2v) is 3.68. The fraction of sp³-hybridized carbons (Fsp3) is 0.167. The molecule has 0 aliphatic heterocycles. The maximum atomic E-state index is 14.0. The van der Waals surface area contributed by atoms with Crippen molar-refractivity contribution in [1.29, 1.82) is 0 Å². The predicted octanol–water partition coefficient (Wildman–Crippen LogP) is 2.37. The maximum absolute atomic E-state index is 14.0. The van der Waals surface area contributed by atoms with E-state index in [1.807, 2.05) is 0 Å². The summed E-state index contributed by atoms with van der Waals surface area (Å²) in [4.78, 5) is 14.1. The highest BCUT2D eigenvalue weighted by atomic mass is 19.3. The summed E-state index contributed by atoms with van der Waals surface area (Å²) in [5, 5.41) is 0. The monoisotopic (exact) mass is 236 g/mol. The van der Waals surface area contributed by atoms with Gasteiger partial charge in [-0.05, 0) is 0 Å². The van der Waals surface area contributed by atoms with Crippen molar-refractivity contribution >= 4 is 6.29 Å². The van der Waals surface area contributed by atoms with Gasteiger partial charge in [0.15, 0.2) is 5.82 Å². The molecule has 1 heterocycles. The number of imidazole rings is 1. The van der Waals surface area contributed by atoms with E-state index < -0.39 is 5.92 Å². The van der Waals surface area contributed by atoms with E-state index in [0.717, 1.165) is 0 Å². The Balaban J connectivity index is 2.44. The van der Waals surface area contributed by atoms with Crippen LogP contribution in [0.15, 0.2) is 36.7 Å². The Hall–Kier alpha value is -2.04. The zero-order valence-electron chi connectivity index (χ0n) is 9.10. The van der Waals surface area contributed by atoms with Crippen LogP contribution >= 0.6 is 0 Å². The van der Waals surface area contributed by atoms with Crippen LogP contribution in [0.5, 0.6) is 0 Å². The van der Waals surface area contributed by atoms with E-state index in [2.05, 4.69) is 4.98 Å². The van der Waals surface area contributed by atoms with Crippen molar-refractivity contribution in [3.8, 4) is 0 Å². The average Bonchev–Trinajstić information content (AvgIpc) is 2.76. The maximum Gasteiger partial charge on any atom is 0.330 e. The topological polar surface area (TPSA) is 34.9 Å². The van der Waals surface area contributed by atoms with Crippen molar-refractivity contribution in [2.45, 2.75) is 5.92 Å². The van der Waals surface area contributed by atoms with Gasteiger partial charge in [0, 0.05) is 30.6 Å². The Morgan fingerprint density at radius 2 is 1.94 bits per heavy atom. The highest BCUT2D eigenvalue weighted by molar-refractivity contribution is 5.74. The number of hydrogen-bond acceptors (Lipinski definition) is 2. The number of alkyl halides is 2. The Morgan fingerprint density at radius 3 is 2.41 bits per heavy atom. The van der Waals surface area contributed by atoms with Crippen molar-refractivity contribution < 1.29 is 13.6 Å². The second-order valence-electron chi connectivity index (χ2n) is 3.68. The van der Waals surface area contributed by atoms with Crippen LogP contribution in [0.4, 0.5) is 8.78 Å². The molecule has 0 saturated heterocycles. The molecule has 0 aliphatic rings. The first-order chi connectivity index (χ1) is 8.05. The van der Waals surface area contributed by atoms with Crippen LogP contribution < -0.4 is 0 Å². The van der Waals surface area contributed by atoms with E-state index in [4.69, 9.17) is 0 Å². The molecule has 0 N–H and O–H groups in total. The molecule has 0 saturated carbocycles. The van der Waals surface area contributed by atoms with Crippen molar-refractivity contribution in [3.05, 3.63) is 53.6 Å². The molecule has 0 atom stereocenters. The molecule has 88 valence electrons. The minimum Gasteiger partial charge on any atom is -0.333 e. The molecule has 0 unspecified atom stereocenters. The second kappa shape index (κ2) is 4.08. The molecule has 0 bridgehead atoms. The SMILES string of the molecule is Cn1ccnc1C(F)(F)c1ccc(C=O)cc1. The third-order valence-corrected chi connectivity index (χ3v) is 2.51. The van der Waals surface area contributed by atoms with Gasteiger partial charge in [-0.25, -0.2) is 4.98 Å². The first-order valence-corrected chi connectivity index (χ1v) is 4.97.